The van der Waals surface area contributed by atoms with Crippen molar-refractivity contribution in [1.29, 1.82) is 0 Å². The fraction of sp³-hybridized carbons (Fsp3) is 0.957. The Kier molecular flexibility index (Phi) is 38.7. The number of likely N-dealkylation sites (N-methyl/N-ethyl adjacent to an activating group) is 1. The summed E-state index contributed by atoms with van der Waals surface area (Å²) in [6.45, 7) is 14.7. The zero-order chi connectivity index (χ0) is 38.3. The molecule has 0 rings (SSSR count). The number of carbonyl (C=O) groups is 2. The van der Waals surface area contributed by atoms with Crippen molar-refractivity contribution in [2.45, 2.75) is 220 Å². The quantitative estimate of drug-likeness (QED) is 0.0460. The van der Waals surface area contributed by atoms with Gasteiger partial charge in [0.05, 0.1) is 25.0 Å². The van der Waals surface area contributed by atoms with Crippen molar-refractivity contribution < 1.29 is 19.1 Å². The maximum Gasteiger partial charge on any atom is 0.308 e. The minimum absolute atomic E-state index is 0.00238. The van der Waals surface area contributed by atoms with E-state index in [4.69, 9.17) is 9.47 Å². The van der Waals surface area contributed by atoms with E-state index in [2.05, 4.69) is 44.7 Å². The van der Waals surface area contributed by atoms with E-state index in [1.807, 2.05) is 6.92 Å². The molecular formula is C46H92N2O4. The molecule has 0 aliphatic carbocycles. The smallest absolute Gasteiger partial charge is 0.308 e. The Morgan fingerprint density at radius 3 is 1.29 bits per heavy atom. The minimum atomic E-state index is 0.00238. The van der Waals surface area contributed by atoms with Crippen LogP contribution < -0.4 is 0 Å². The molecule has 0 aromatic carbocycles. The normalized spacial score (nSPS) is 12.8. The lowest BCUT2D eigenvalue weighted by Gasteiger charge is -2.24. The highest BCUT2D eigenvalue weighted by atomic mass is 16.5. The van der Waals surface area contributed by atoms with E-state index >= 15 is 0 Å². The van der Waals surface area contributed by atoms with Gasteiger partial charge in [-0.3, -0.25) is 9.59 Å². The Hall–Kier alpha value is -1.14. The average Bonchev–Trinajstić information content (AvgIpc) is 3.13. The lowest BCUT2D eigenvalue weighted by Crippen LogP contribution is -2.33. The lowest BCUT2D eigenvalue weighted by atomic mass is 9.94. The van der Waals surface area contributed by atoms with Gasteiger partial charge >= 0.3 is 11.9 Å². The van der Waals surface area contributed by atoms with E-state index in [-0.39, 0.29) is 23.8 Å². The number of hydrogen-bond acceptors (Lipinski definition) is 6. The molecule has 0 bridgehead atoms. The van der Waals surface area contributed by atoms with Gasteiger partial charge < -0.3 is 19.3 Å². The van der Waals surface area contributed by atoms with Crippen LogP contribution in [0.25, 0.3) is 0 Å². The van der Waals surface area contributed by atoms with Crippen LogP contribution in [0.4, 0.5) is 0 Å². The molecule has 6 nitrogen and oxygen atoms in total. The minimum Gasteiger partial charge on any atom is -0.465 e. The summed E-state index contributed by atoms with van der Waals surface area (Å²) in [7, 11) is 4.36. The van der Waals surface area contributed by atoms with Crippen molar-refractivity contribution in [3.8, 4) is 0 Å². The van der Waals surface area contributed by atoms with Crippen molar-refractivity contribution in [3.05, 3.63) is 0 Å². The molecule has 2 unspecified atom stereocenters. The monoisotopic (exact) mass is 737 g/mol. The largest absolute Gasteiger partial charge is 0.465 e. The molecule has 310 valence electrons. The van der Waals surface area contributed by atoms with Crippen LogP contribution in [-0.4, -0.2) is 75.2 Å². The molecule has 2 atom stereocenters. The molecule has 0 heterocycles. The lowest BCUT2D eigenvalue weighted by molar-refractivity contribution is -0.149. The molecule has 52 heavy (non-hydrogen) atoms. The molecule has 0 saturated heterocycles. The standard InChI is InChI=1S/C46H92N2O4/c1-7-10-13-22-29-36-44(35-27-12-9-3)46(50)52-42-33-26-20-16-15-18-23-30-37-48(40-39-47(5)6)38-31-24-19-17-21-25-32-41-51-45(49)43(4)34-28-14-11-8-2/h43-44H,7-42H2,1-6H3. The highest BCUT2D eigenvalue weighted by Crippen LogP contribution is 2.20. The first-order valence-electron chi connectivity index (χ1n) is 23.1. The van der Waals surface area contributed by atoms with Gasteiger partial charge in [-0.2, -0.15) is 0 Å². The molecule has 0 radical (unpaired) electrons. The fourth-order valence-electron chi connectivity index (χ4n) is 7.11. The third-order valence-corrected chi connectivity index (χ3v) is 10.9. The molecule has 0 aliphatic rings. The van der Waals surface area contributed by atoms with Crippen molar-refractivity contribution in [1.82, 2.24) is 9.80 Å². The van der Waals surface area contributed by atoms with Crippen LogP contribution in [0, 0.1) is 11.8 Å². The van der Waals surface area contributed by atoms with Crippen LogP contribution in [0.2, 0.25) is 0 Å². The van der Waals surface area contributed by atoms with E-state index in [1.54, 1.807) is 0 Å². The van der Waals surface area contributed by atoms with E-state index in [0.29, 0.717) is 13.2 Å². The first-order chi connectivity index (χ1) is 25.3. The Bertz CT molecular complexity index is 761. The summed E-state index contributed by atoms with van der Waals surface area (Å²) >= 11 is 0. The molecule has 6 heteroatoms. The van der Waals surface area contributed by atoms with Gasteiger partial charge in [0, 0.05) is 13.1 Å². The van der Waals surface area contributed by atoms with Crippen LogP contribution in [0.5, 0.6) is 0 Å². The molecular weight excluding hydrogens is 645 g/mol. The Morgan fingerprint density at radius 1 is 0.423 bits per heavy atom. The zero-order valence-corrected chi connectivity index (χ0v) is 36.1. The topological polar surface area (TPSA) is 59.1 Å². The van der Waals surface area contributed by atoms with Crippen LogP contribution in [0.1, 0.15) is 220 Å². The van der Waals surface area contributed by atoms with Crippen LogP contribution in [0.3, 0.4) is 0 Å². The number of carbonyl (C=O) groups excluding carboxylic acids is 2. The van der Waals surface area contributed by atoms with Gasteiger partial charge in [-0.15, -0.1) is 0 Å². The summed E-state index contributed by atoms with van der Waals surface area (Å²) < 4.78 is 11.3. The molecule has 0 aromatic heterocycles. The zero-order valence-electron chi connectivity index (χ0n) is 36.1. The molecule has 0 aromatic rings. The van der Waals surface area contributed by atoms with Gasteiger partial charge in [0.2, 0.25) is 0 Å². The summed E-state index contributed by atoms with van der Waals surface area (Å²) in [5, 5.41) is 0. The molecule has 0 N–H and O–H groups in total. The average molecular weight is 737 g/mol. The Morgan fingerprint density at radius 2 is 0.788 bits per heavy atom. The molecule has 0 amide bonds. The highest BCUT2D eigenvalue weighted by Gasteiger charge is 2.19. The summed E-state index contributed by atoms with van der Waals surface area (Å²) in [4.78, 5) is 29.9. The number of hydrogen-bond donors (Lipinski definition) is 0. The molecule has 0 spiro atoms. The number of unbranched alkanes of at least 4 members (excludes halogenated alkanes) is 22. The predicted octanol–water partition coefficient (Wildman–Crippen LogP) is 13.0. The second kappa shape index (κ2) is 39.6. The van der Waals surface area contributed by atoms with Crippen molar-refractivity contribution in [2.75, 3.05) is 53.5 Å². The van der Waals surface area contributed by atoms with Gasteiger partial charge in [0.25, 0.3) is 0 Å². The highest BCUT2D eigenvalue weighted by molar-refractivity contribution is 5.72. The summed E-state index contributed by atoms with van der Waals surface area (Å²) in [6, 6.07) is 0. The van der Waals surface area contributed by atoms with E-state index < -0.39 is 0 Å². The van der Waals surface area contributed by atoms with Gasteiger partial charge in [0.15, 0.2) is 0 Å². The Labute approximate surface area is 325 Å². The van der Waals surface area contributed by atoms with Gasteiger partial charge in [-0.25, -0.2) is 0 Å². The third-order valence-electron chi connectivity index (χ3n) is 10.9. The van der Waals surface area contributed by atoms with Gasteiger partial charge in [0.1, 0.15) is 0 Å². The van der Waals surface area contributed by atoms with Crippen molar-refractivity contribution >= 4 is 11.9 Å². The van der Waals surface area contributed by atoms with E-state index in [9.17, 15) is 9.59 Å². The first kappa shape index (κ1) is 50.9. The van der Waals surface area contributed by atoms with Gasteiger partial charge in [-0.05, 0) is 72.1 Å². The number of nitrogens with zero attached hydrogens (tertiary/aromatic N) is 2. The number of esters is 2. The predicted molar refractivity (Wildman–Crippen MR) is 225 cm³/mol. The van der Waals surface area contributed by atoms with Crippen LogP contribution >= 0.6 is 0 Å². The summed E-state index contributed by atoms with van der Waals surface area (Å²) in [6.07, 6.45) is 36.5. The second-order valence-electron chi connectivity index (χ2n) is 16.4. The number of ether oxygens (including phenoxy) is 2. The van der Waals surface area contributed by atoms with Crippen LogP contribution in [0.15, 0.2) is 0 Å². The fourth-order valence-corrected chi connectivity index (χ4v) is 7.11. The second-order valence-corrected chi connectivity index (χ2v) is 16.4. The first-order valence-corrected chi connectivity index (χ1v) is 23.1. The summed E-state index contributed by atoms with van der Waals surface area (Å²) in [5.41, 5.74) is 0. The Balaban J connectivity index is 3.91. The van der Waals surface area contributed by atoms with E-state index in [0.717, 1.165) is 51.5 Å². The maximum atomic E-state index is 12.8. The molecule has 0 saturated carbocycles. The van der Waals surface area contributed by atoms with E-state index in [1.165, 1.54) is 167 Å². The van der Waals surface area contributed by atoms with Crippen molar-refractivity contribution in [2.24, 2.45) is 11.8 Å². The number of rotatable bonds is 41. The molecule has 0 fully saturated rings. The van der Waals surface area contributed by atoms with Crippen LogP contribution in [-0.2, 0) is 19.1 Å². The summed E-state index contributed by atoms with van der Waals surface area (Å²) in [5.74, 6) is 0.250. The third kappa shape index (κ3) is 34.6. The van der Waals surface area contributed by atoms with Gasteiger partial charge in [-0.1, -0.05) is 175 Å². The maximum absolute atomic E-state index is 12.8. The van der Waals surface area contributed by atoms with Crippen molar-refractivity contribution in [3.63, 3.8) is 0 Å². The SMILES string of the molecule is CCCCCCCC(CCCCC)C(=O)OCCCCCCCCCCN(CCCCCCCCCOC(=O)C(C)CCCCCC)CCN(C)C. The molecule has 0 aliphatic heterocycles.